The lowest BCUT2D eigenvalue weighted by Gasteiger charge is -1.94. The molecule has 66 valence electrons. The smallest absolute Gasteiger partial charge is 0.260 e. The predicted octanol–water partition coefficient (Wildman–Crippen LogP) is 0.861. The molecule has 1 amide bonds. The first-order chi connectivity index (χ1) is 5.65. The van der Waals surface area contributed by atoms with Crippen LogP contribution in [0.25, 0.3) is 0 Å². The van der Waals surface area contributed by atoms with Crippen molar-refractivity contribution in [3.05, 3.63) is 10.9 Å². The summed E-state index contributed by atoms with van der Waals surface area (Å²) in [6.07, 6.45) is 0. The maximum atomic E-state index is 10.8. The van der Waals surface area contributed by atoms with Crippen LogP contribution >= 0.6 is 11.3 Å². The number of nitrogens with one attached hydrogen (secondary N) is 1. The summed E-state index contributed by atoms with van der Waals surface area (Å²) in [6, 6.07) is 1.72. The van der Waals surface area contributed by atoms with Gasteiger partial charge in [0.1, 0.15) is 4.88 Å². The fraction of sp³-hybridized carbons (Fsp3) is 0.286. The second-order valence-electron chi connectivity index (χ2n) is 2.29. The van der Waals surface area contributed by atoms with E-state index in [1.165, 1.54) is 11.3 Å². The van der Waals surface area contributed by atoms with E-state index in [1.54, 1.807) is 6.07 Å². The van der Waals surface area contributed by atoms with E-state index in [4.69, 9.17) is 11.5 Å². The van der Waals surface area contributed by atoms with E-state index in [0.717, 1.165) is 11.5 Å². The Labute approximate surface area is 74.6 Å². The molecule has 4 nitrogen and oxygen atoms in total. The zero-order chi connectivity index (χ0) is 9.14. The minimum Gasteiger partial charge on any atom is -0.397 e. The van der Waals surface area contributed by atoms with Gasteiger partial charge < -0.3 is 16.8 Å². The third-order valence-corrected chi connectivity index (χ3v) is 2.46. The number of carbonyl (C=O) groups excluding carboxylic acids is 1. The van der Waals surface area contributed by atoms with Crippen molar-refractivity contribution in [2.75, 3.05) is 17.6 Å². The molecule has 0 radical (unpaired) electrons. The number of nitrogen functional groups attached to an aromatic ring is 1. The lowest BCUT2D eigenvalue weighted by atomic mass is 10.4. The van der Waals surface area contributed by atoms with Crippen LogP contribution in [0.2, 0.25) is 0 Å². The van der Waals surface area contributed by atoms with Crippen LogP contribution in [-0.4, -0.2) is 12.5 Å². The van der Waals surface area contributed by atoms with Gasteiger partial charge in [-0.1, -0.05) is 0 Å². The zero-order valence-electron chi connectivity index (χ0n) is 6.76. The average molecular weight is 185 g/mol. The van der Waals surface area contributed by atoms with Gasteiger partial charge in [0.25, 0.3) is 5.91 Å². The SMILES string of the molecule is CCNc1cc(N)c(C(N)=O)s1. The van der Waals surface area contributed by atoms with Crippen molar-refractivity contribution in [2.45, 2.75) is 6.92 Å². The molecule has 1 aromatic rings. The maximum Gasteiger partial charge on any atom is 0.260 e. The fourth-order valence-corrected chi connectivity index (χ4v) is 1.76. The minimum atomic E-state index is -0.471. The van der Waals surface area contributed by atoms with Crippen LogP contribution in [0, 0.1) is 0 Å². The summed E-state index contributed by atoms with van der Waals surface area (Å²) in [5.41, 5.74) is 11.1. The Balaban J connectivity index is 2.92. The highest BCUT2D eigenvalue weighted by Gasteiger charge is 2.09. The number of thiophene rings is 1. The van der Waals surface area contributed by atoms with Gasteiger partial charge in [-0.15, -0.1) is 11.3 Å². The molecule has 0 spiro atoms. The number of amides is 1. The highest BCUT2D eigenvalue weighted by Crippen LogP contribution is 2.28. The van der Waals surface area contributed by atoms with Crippen molar-refractivity contribution in [2.24, 2.45) is 5.73 Å². The second-order valence-corrected chi connectivity index (χ2v) is 3.34. The van der Waals surface area contributed by atoms with Crippen LogP contribution in [0.4, 0.5) is 10.7 Å². The van der Waals surface area contributed by atoms with Crippen LogP contribution in [0.3, 0.4) is 0 Å². The molecule has 0 saturated carbocycles. The third-order valence-electron chi connectivity index (χ3n) is 1.34. The summed E-state index contributed by atoms with van der Waals surface area (Å²) in [4.78, 5) is 11.2. The van der Waals surface area contributed by atoms with Crippen molar-refractivity contribution in [1.82, 2.24) is 0 Å². The van der Waals surface area contributed by atoms with E-state index in [-0.39, 0.29) is 0 Å². The number of hydrogen-bond donors (Lipinski definition) is 3. The van der Waals surface area contributed by atoms with Crippen molar-refractivity contribution in [3.63, 3.8) is 0 Å². The molecule has 1 heterocycles. The molecule has 0 aliphatic rings. The monoisotopic (exact) mass is 185 g/mol. The number of primary amides is 1. The molecular weight excluding hydrogens is 174 g/mol. The molecule has 0 fully saturated rings. The van der Waals surface area contributed by atoms with Gasteiger partial charge in [-0.3, -0.25) is 4.79 Å². The first-order valence-electron chi connectivity index (χ1n) is 3.58. The summed E-state index contributed by atoms with van der Waals surface area (Å²) < 4.78 is 0. The second kappa shape index (κ2) is 3.44. The van der Waals surface area contributed by atoms with Gasteiger partial charge in [-0.2, -0.15) is 0 Å². The van der Waals surface area contributed by atoms with Gasteiger partial charge in [-0.05, 0) is 13.0 Å². The fourth-order valence-electron chi connectivity index (χ4n) is 0.859. The molecule has 0 bridgehead atoms. The summed E-state index contributed by atoms with van der Waals surface area (Å²) in [7, 11) is 0. The van der Waals surface area contributed by atoms with Crippen molar-refractivity contribution in [3.8, 4) is 0 Å². The first kappa shape index (κ1) is 8.86. The minimum absolute atomic E-state index is 0.422. The lowest BCUT2D eigenvalue weighted by molar-refractivity contribution is 0.100. The largest absolute Gasteiger partial charge is 0.397 e. The molecule has 0 unspecified atom stereocenters. The Bertz CT molecular complexity index is 295. The van der Waals surface area contributed by atoms with E-state index in [2.05, 4.69) is 5.32 Å². The molecule has 0 aliphatic heterocycles. The van der Waals surface area contributed by atoms with E-state index in [9.17, 15) is 4.79 Å². The van der Waals surface area contributed by atoms with E-state index >= 15 is 0 Å². The van der Waals surface area contributed by atoms with Crippen molar-refractivity contribution < 1.29 is 4.79 Å². The summed E-state index contributed by atoms with van der Waals surface area (Å²) in [6.45, 7) is 2.78. The highest BCUT2D eigenvalue weighted by atomic mass is 32.1. The van der Waals surface area contributed by atoms with Crippen molar-refractivity contribution in [1.29, 1.82) is 0 Å². The highest BCUT2D eigenvalue weighted by molar-refractivity contribution is 7.18. The van der Waals surface area contributed by atoms with Gasteiger partial charge in [-0.25, -0.2) is 0 Å². The van der Waals surface area contributed by atoms with Gasteiger partial charge in [0.05, 0.1) is 10.7 Å². The Hall–Kier alpha value is -1.23. The molecule has 12 heavy (non-hydrogen) atoms. The maximum absolute atomic E-state index is 10.8. The molecule has 5 N–H and O–H groups in total. The molecular formula is C7H11N3OS. The number of anilines is 2. The number of rotatable bonds is 3. The summed E-state index contributed by atoms with van der Waals surface area (Å²) in [5, 5.41) is 3.93. The molecule has 1 rings (SSSR count). The van der Waals surface area contributed by atoms with Gasteiger partial charge >= 0.3 is 0 Å². The summed E-state index contributed by atoms with van der Waals surface area (Å²) >= 11 is 1.28. The third kappa shape index (κ3) is 1.68. The van der Waals surface area contributed by atoms with Gasteiger partial charge in [0.2, 0.25) is 0 Å². The van der Waals surface area contributed by atoms with Crippen LogP contribution in [0.15, 0.2) is 6.07 Å². The number of carbonyl (C=O) groups is 1. The lowest BCUT2D eigenvalue weighted by Crippen LogP contribution is -2.10. The first-order valence-corrected chi connectivity index (χ1v) is 4.39. The van der Waals surface area contributed by atoms with Crippen molar-refractivity contribution >= 4 is 27.9 Å². The van der Waals surface area contributed by atoms with Crippen LogP contribution in [-0.2, 0) is 0 Å². The van der Waals surface area contributed by atoms with E-state index in [0.29, 0.717) is 10.6 Å². The molecule has 0 saturated heterocycles. The standard InChI is InChI=1S/C7H11N3OS/c1-2-10-5-3-4(8)6(12-5)7(9)11/h3,10H,2,8H2,1H3,(H2,9,11). The van der Waals surface area contributed by atoms with E-state index in [1.807, 2.05) is 6.92 Å². The number of hydrogen-bond acceptors (Lipinski definition) is 4. The van der Waals surface area contributed by atoms with Crippen LogP contribution in [0.5, 0.6) is 0 Å². The molecule has 0 aliphatic carbocycles. The average Bonchev–Trinajstić information content (AvgIpc) is 2.32. The Kier molecular flexibility index (Phi) is 2.54. The normalized spacial score (nSPS) is 9.75. The molecule has 1 aromatic heterocycles. The number of nitrogens with two attached hydrogens (primary N) is 2. The Morgan fingerprint density at radius 1 is 1.75 bits per heavy atom. The Morgan fingerprint density at radius 2 is 2.42 bits per heavy atom. The summed E-state index contributed by atoms with van der Waals surface area (Å²) in [5.74, 6) is -0.471. The molecule has 0 aromatic carbocycles. The van der Waals surface area contributed by atoms with Crippen LogP contribution in [0.1, 0.15) is 16.6 Å². The van der Waals surface area contributed by atoms with Crippen LogP contribution < -0.4 is 16.8 Å². The van der Waals surface area contributed by atoms with Gasteiger partial charge in [0, 0.05) is 6.54 Å². The van der Waals surface area contributed by atoms with Gasteiger partial charge in [0.15, 0.2) is 0 Å². The topological polar surface area (TPSA) is 81.1 Å². The predicted molar refractivity (Wildman–Crippen MR) is 51.4 cm³/mol. The molecule has 5 heteroatoms. The molecule has 0 atom stereocenters. The Morgan fingerprint density at radius 3 is 2.83 bits per heavy atom. The van der Waals surface area contributed by atoms with E-state index < -0.39 is 5.91 Å². The quantitative estimate of drug-likeness (QED) is 0.653. The zero-order valence-corrected chi connectivity index (χ0v) is 7.57.